The van der Waals surface area contributed by atoms with Crippen molar-refractivity contribution in [2.75, 3.05) is 5.32 Å². The molecule has 0 fully saturated rings. The van der Waals surface area contributed by atoms with Gasteiger partial charge in [-0.05, 0) is 48.9 Å². The average Bonchev–Trinajstić information content (AvgIpc) is 2.78. The highest BCUT2D eigenvalue weighted by molar-refractivity contribution is 5.91. The number of hydrogen-bond donors (Lipinski definition) is 1. The zero-order valence-corrected chi connectivity index (χ0v) is 17.2. The van der Waals surface area contributed by atoms with Gasteiger partial charge in [0.05, 0.1) is 0 Å². The third-order valence-corrected chi connectivity index (χ3v) is 4.47. The lowest BCUT2D eigenvalue weighted by molar-refractivity contribution is -0.116. The molecule has 1 N–H and O–H groups in total. The van der Waals surface area contributed by atoms with E-state index in [1.54, 1.807) is 0 Å². The van der Waals surface area contributed by atoms with Crippen LogP contribution in [0.15, 0.2) is 78.9 Å². The number of amides is 1. The van der Waals surface area contributed by atoms with Crippen molar-refractivity contribution in [1.82, 2.24) is 0 Å². The average molecular weight is 392 g/mol. The lowest BCUT2D eigenvalue weighted by Crippen LogP contribution is -2.11. The molecule has 1 amide bonds. The van der Waals surface area contributed by atoms with Gasteiger partial charge in [-0.2, -0.15) is 0 Å². The Labute approximate surface area is 179 Å². The summed E-state index contributed by atoms with van der Waals surface area (Å²) in [6.07, 6.45) is 3.58. The van der Waals surface area contributed by atoms with Crippen molar-refractivity contribution in [2.24, 2.45) is 0 Å². The number of carbonyl (C=O) groups excluding carboxylic acids is 1. The maximum absolute atomic E-state index is 12.3. The van der Waals surface area contributed by atoms with E-state index in [2.05, 4.69) is 35.9 Å². The van der Waals surface area contributed by atoms with Gasteiger partial charge in [0.1, 0.15) is 0 Å². The molecule has 0 aliphatic carbocycles. The molecule has 0 bridgehead atoms. The molecule has 2 nitrogen and oxygen atoms in total. The second kappa shape index (κ2) is 11.3. The fraction of sp³-hybridized carbons (Fsp3) is 0.179. The first kappa shape index (κ1) is 21.0. The minimum Gasteiger partial charge on any atom is -0.326 e. The van der Waals surface area contributed by atoms with E-state index in [4.69, 9.17) is 0 Å². The quantitative estimate of drug-likeness (QED) is 0.419. The Kier molecular flexibility index (Phi) is 7.90. The van der Waals surface area contributed by atoms with Crippen molar-refractivity contribution in [1.29, 1.82) is 0 Å². The van der Waals surface area contributed by atoms with Crippen LogP contribution in [-0.4, -0.2) is 5.91 Å². The van der Waals surface area contributed by atoms with Crippen LogP contribution in [-0.2, 0) is 4.79 Å². The Morgan fingerprint density at radius 2 is 1.20 bits per heavy atom. The van der Waals surface area contributed by atoms with Crippen LogP contribution in [0, 0.1) is 23.7 Å². The van der Waals surface area contributed by atoms with Crippen LogP contribution in [0.5, 0.6) is 0 Å². The summed E-state index contributed by atoms with van der Waals surface area (Å²) < 4.78 is 0. The highest BCUT2D eigenvalue weighted by Gasteiger charge is 2.04. The Morgan fingerprint density at radius 3 is 1.70 bits per heavy atom. The molecule has 0 atom stereocenters. The third-order valence-electron chi connectivity index (χ3n) is 4.47. The number of carbonyl (C=O) groups is 1. The van der Waals surface area contributed by atoms with Gasteiger partial charge in [-0.15, -0.1) is 0 Å². The van der Waals surface area contributed by atoms with E-state index < -0.39 is 0 Å². The number of benzene rings is 3. The molecule has 0 heterocycles. The highest BCUT2D eigenvalue weighted by atomic mass is 16.1. The predicted molar refractivity (Wildman–Crippen MR) is 124 cm³/mol. The predicted octanol–water partition coefficient (Wildman–Crippen LogP) is 6.01. The zero-order chi connectivity index (χ0) is 21.0. The molecular formula is C28H25NO. The lowest BCUT2D eigenvalue weighted by atomic mass is 10.1. The number of unbranched alkanes of at least 4 members (excludes halogenated alkanes) is 2. The molecule has 0 saturated carbocycles. The van der Waals surface area contributed by atoms with E-state index in [0.29, 0.717) is 6.42 Å². The molecule has 3 rings (SSSR count). The molecule has 0 spiro atoms. The van der Waals surface area contributed by atoms with Crippen molar-refractivity contribution in [3.63, 3.8) is 0 Å². The van der Waals surface area contributed by atoms with E-state index in [-0.39, 0.29) is 5.91 Å². The number of anilines is 1. The Hall–Kier alpha value is -3.75. The van der Waals surface area contributed by atoms with Gasteiger partial charge in [-0.25, -0.2) is 0 Å². The van der Waals surface area contributed by atoms with Crippen LogP contribution in [0.25, 0.3) is 0 Å². The third kappa shape index (κ3) is 7.01. The fourth-order valence-corrected chi connectivity index (χ4v) is 2.93. The molecule has 3 aromatic carbocycles. The van der Waals surface area contributed by atoms with Crippen LogP contribution < -0.4 is 5.32 Å². The van der Waals surface area contributed by atoms with Gasteiger partial charge in [0.2, 0.25) is 5.91 Å². The largest absolute Gasteiger partial charge is 0.326 e. The molecule has 30 heavy (non-hydrogen) atoms. The maximum atomic E-state index is 12.3. The van der Waals surface area contributed by atoms with Gasteiger partial charge in [0.15, 0.2) is 0 Å². The summed E-state index contributed by atoms with van der Waals surface area (Å²) in [4.78, 5) is 12.3. The van der Waals surface area contributed by atoms with Crippen LogP contribution in [0.1, 0.15) is 54.9 Å². The van der Waals surface area contributed by atoms with Crippen molar-refractivity contribution in [3.05, 3.63) is 101 Å². The van der Waals surface area contributed by atoms with Gasteiger partial charge >= 0.3 is 0 Å². The molecule has 3 aromatic rings. The summed E-state index contributed by atoms with van der Waals surface area (Å²) in [5.41, 5.74) is 4.27. The number of nitrogens with one attached hydrogen (secondary N) is 1. The summed E-state index contributed by atoms with van der Waals surface area (Å²) in [5.74, 6) is 12.8. The van der Waals surface area contributed by atoms with Crippen LogP contribution in [0.2, 0.25) is 0 Å². The minimum absolute atomic E-state index is 0.0265. The second-order valence-electron chi connectivity index (χ2n) is 7.04. The van der Waals surface area contributed by atoms with Crippen LogP contribution in [0.4, 0.5) is 5.69 Å². The zero-order valence-electron chi connectivity index (χ0n) is 17.2. The van der Waals surface area contributed by atoms with Gasteiger partial charge in [-0.3, -0.25) is 4.79 Å². The standard InChI is InChI=1S/C28H25NO/c1-2-3-6-15-28(30)29-27-21-25(18-16-23-11-7-4-8-12-23)20-26(22-27)19-17-24-13-9-5-10-14-24/h4-5,7-14,20-22H,2-3,6,15H2,1H3,(H,29,30). The van der Waals surface area contributed by atoms with E-state index in [1.165, 1.54) is 0 Å². The molecule has 2 heteroatoms. The molecule has 0 aliphatic rings. The molecule has 0 unspecified atom stereocenters. The topological polar surface area (TPSA) is 29.1 Å². The highest BCUT2D eigenvalue weighted by Crippen LogP contribution is 2.16. The number of rotatable bonds is 5. The van der Waals surface area contributed by atoms with Crippen molar-refractivity contribution in [3.8, 4) is 23.7 Å². The Bertz CT molecular complexity index is 1020. The molecule has 0 aromatic heterocycles. The molecule has 0 radical (unpaired) electrons. The van der Waals surface area contributed by atoms with Crippen LogP contribution in [0.3, 0.4) is 0 Å². The van der Waals surface area contributed by atoms with Crippen LogP contribution >= 0.6 is 0 Å². The smallest absolute Gasteiger partial charge is 0.224 e. The SMILES string of the molecule is CCCCCC(=O)Nc1cc(C#Cc2ccccc2)cc(C#Cc2ccccc2)c1. The van der Waals surface area contributed by atoms with Gasteiger partial charge < -0.3 is 5.32 Å². The van der Waals surface area contributed by atoms with E-state index in [1.807, 2.05) is 78.9 Å². The lowest BCUT2D eigenvalue weighted by Gasteiger charge is -2.07. The summed E-state index contributed by atoms with van der Waals surface area (Å²) in [6, 6.07) is 25.5. The molecule has 0 saturated heterocycles. The van der Waals surface area contributed by atoms with E-state index in [9.17, 15) is 4.79 Å². The van der Waals surface area contributed by atoms with E-state index >= 15 is 0 Å². The fourth-order valence-electron chi connectivity index (χ4n) is 2.93. The second-order valence-corrected chi connectivity index (χ2v) is 7.04. The first-order valence-electron chi connectivity index (χ1n) is 10.3. The summed E-state index contributed by atoms with van der Waals surface area (Å²) in [6.45, 7) is 2.13. The molecule has 0 aliphatic heterocycles. The van der Waals surface area contributed by atoms with Crippen molar-refractivity contribution < 1.29 is 4.79 Å². The first-order valence-corrected chi connectivity index (χ1v) is 10.3. The number of hydrogen-bond acceptors (Lipinski definition) is 1. The minimum atomic E-state index is 0.0265. The van der Waals surface area contributed by atoms with Gasteiger partial charge in [0.25, 0.3) is 0 Å². The summed E-state index contributed by atoms with van der Waals surface area (Å²) in [5, 5.41) is 3.00. The Morgan fingerprint density at radius 1 is 0.700 bits per heavy atom. The van der Waals surface area contributed by atoms with Gasteiger partial charge in [0, 0.05) is 34.4 Å². The van der Waals surface area contributed by atoms with Crippen molar-refractivity contribution >= 4 is 11.6 Å². The summed E-state index contributed by atoms with van der Waals surface area (Å²) >= 11 is 0. The normalized spacial score (nSPS) is 9.63. The van der Waals surface area contributed by atoms with E-state index in [0.717, 1.165) is 47.2 Å². The maximum Gasteiger partial charge on any atom is 0.224 e. The van der Waals surface area contributed by atoms with Crippen molar-refractivity contribution in [2.45, 2.75) is 32.6 Å². The van der Waals surface area contributed by atoms with Gasteiger partial charge in [-0.1, -0.05) is 79.8 Å². The summed E-state index contributed by atoms with van der Waals surface area (Å²) in [7, 11) is 0. The molecule has 148 valence electrons. The Balaban J connectivity index is 1.87. The monoisotopic (exact) mass is 391 g/mol. The molecular weight excluding hydrogens is 366 g/mol. The first-order chi connectivity index (χ1) is 14.7.